The SMILES string of the molecule is B[SiH3].[BaH2].[Zn]. The molecule has 0 bridgehead atoms. The molecule has 4 heteroatoms. The van der Waals surface area contributed by atoms with Crippen molar-refractivity contribution in [3.05, 3.63) is 0 Å². The van der Waals surface area contributed by atoms with Crippen LogP contribution in [0.2, 0.25) is 0 Å². The van der Waals surface area contributed by atoms with Crippen LogP contribution in [-0.4, -0.2) is 66.4 Å². The van der Waals surface area contributed by atoms with E-state index in [9.17, 15) is 0 Å². The number of hydrogen-bond acceptors (Lipinski definition) is 0. The van der Waals surface area contributed by atoms with Crippen LogP contribution in [0, 0.1) is 0 Å². The summed E-state index contributed by atoms with van der Waals surface area (Å²) in [6.45, 7) is 0. The van der Waals surface area contributed by atoms with Crippen LogP contribution in [0.1, 0.15) is 0 Å². The van der Waals surface area contributed by atoms with E-state index in [0.717, 1.165) is 0 Å². The van der Waals surface area contributed by atoms with Crippen LogP contribution in [0.4, 0.5) is 0 Å². The van der Waals surface area contributed by atoms with E-state index in [1.165, 1.54) is 10.1 Å². The zero-order valence-electron chi connectivity index (χ0n) is 2.71. The van der Waals surface area contributed by atoms with Crippen LogP contribution in [-0.2, 0) is 19.5 Å². The second kappa shape index (κ2) is 17.9. The maximum absolute atomic E-state index is 2.14. The van der Waals surface area contributed by atoms with Crippen LogP contribution < -0.4 is 0 Å². The molecule has 0 saturated heterocycles. The summed E-state index contributed by atoms with van der Waals surface area (Å²) in [6, 6.07) is 0. The summed E-state index contributed by atoms with van der Waals surface area (Å²) in [4.78, 5) is 0. The Morgan fingerprint density at radius 1 is 1.25 bits per heavy atom. The molecule has 0 nitrogen and oxygen atoms in total. The van der Waals surface area contributed by atoms with Crippen molar-refractivity contribution in [3.8, 4) is 0 Å². The standard InChI is InChI=1S/BH5Si.Ba.Zn.2H/c1-2;;;;/h1H2,2H3;;;;. The molecule has 0 aromatic carbocycles. The van der Waals surface area contributed by atoms with Crippen molar-refractivity contribution < 1.29 is 19.5 Å². The summed E-state index contributed by atoms with van der Waals surface area (Å²) in [6.07, 6.45) is 0. The van der Waals surface area contributed by atoms with Gasteiger partial charge in [0.2, 0.25) is 0 Å². The Balaban J connectivity index is -0.00000000500. The molecule has 18 valence electrons. The minimum atomic E-state index is 0. The molecule has 0 amide bonds. The molecule has 0 N–H and O–H groups in total. The molecule has 0 atom stereocenters. The fourth-order valence-corrected chi connectivity index (χ4v) is 0. The maximum Gasteiger partial charge on any atom is 0 e. The first kappa shape index (κ1) is 16.1. The first-order chi connectivity index (χ1) is 1.00. The first-order valence-corrected chi connectivity index (χ1v) is 3.00. The molecule has 0 fully saturated rings. The van der Waals surface area contributed by atoms with Crippen LogP contribution in [0.25, 0.3) is 0 Å². The van der Waals surface area contributed by atoms with Gasteiger partial charge in [0.1, 0.15) is 0 Å². The second-order valence-corrected chi connectivity index (χ2v) is 0. The Morgan fingerprint density at radius 2 is 1.25 bits per heavy atom. The molecule has 0 saturated carbocycles. The summed E-state index contributed by atoms with van der Waals surface area (Å²) >= 11 is 0. The third-order valence-electron chi connectivity index (χ3n) is 0. The second-order valence-electron chi connectivity index (χ2n) is 0. The molecule has 0 spiro atoms. The van der Waals surface area contributed by atoms with Crippen LogP contribution >= 0.6 is 0 Å². The Kier molecular flexibility index (Phi) is 71.9. The molecule has 0 aromatic rings. The fraction of sp³-hybridized carbons (Fsp3) is 0. The predicted molar refractivity (Wildman–Crippen MR) is 27.0 cm³/mol. The molecule has 0 aliphatic heterocycles. The van der Waals surface area contributed by atoms with E-state index in [0.29, 0.717) is 0 Å². The van der Waals surface area contributed by atoms with Gasteiger partial charge in [0.15, 0.2) is 0 Å². The van der Waals surface area contributed by atoms with Gasteiger partial charge in [-0.15, -0.1) is 0 Å². The Bertz CT molecular complexity index is 8.00. The maximum atomic E-state index is 2.14. The Hall–Kier alpha value is 2.48. The Morgan fingerprint density at radius 3 is 1.25 bits per heavy atom. The van der Waals surface area contributed by atoms with Crippen molar-refractivity contribution >= 4 is 66.4 Å². The van der Waals surface area contributed by atoms with E-state index in [2.05, 4.69) is 7.44 Å². The number of rotatable bonds is 0. The van der Waals surface area contributed by atoms with Gasteiger partial charge in [-0.1, -0.05) is 0 Å². The molecule has 0 aliphatic carbocycles. The van der Waals surface area contributed by atoms with Crippen LogP contribution in [0.15, 0.2) is 0 Å². The summed E-state index contributed by atoms with van der Waals surface area (Å²) in [5, 5.41) is 0. The van der Waals surface area contributed by atoms with Crippen molar-refractivity contribution in [2.75, 3.05) is 0 Å². The summed E-state index contributed by atoms with van der Waals surface area (Å²) in [7, 11) is 3.44. The number of hydrogen-bond donors (Lipinski definition) is 0. The van der Waals surface area contributed by atoms with Gasteiger partial charge in [-0.25, -0.2) is 0 Å². The fourth-order valence-electron chi connectivity index (χ4n) is 0. The largest absolute Gasteiger partial charge is 0 e. The predicted octanol–water partition coefficient (Wildman–Crippen LogP) is -3.02. The van der Waals surface area contributed by atoms with Crippen molar-refractivity contribution in [1.82, 2.24) is 0 Å². The van der Waals surface area contributed by atoms with E-state index in [1.54, 1.807) is 0 Å². The molecule has 4 heavy (non-hydrogen) atoms. The average molecular weight is 249 g/mol. The molecule has 0 aromatic heterocycles. The van der Waals surface area contributed by atoms with Gasteiger partial charge >= 0.3 is 48.9 Å². The zero-order chi connectivity index (χ0) is 2.00. The monoisotopic (exact) mass is 248 g/mol. The van der Waals surface area contributed by atoms with Crippen molar-refractivity contribution in [2.45, 2.75) is 0 Å². The normalized spacial score (nSPS) is 2.00. The summed E-state index contributed by atoms with van der Waals surface area (Å²) in [5.41, 5.74) is 0. The molecular weight excluding hydrogens is 242 g/mol. The quantitative estimate of drug-likeness (QED) is 0.401. The first-order valence-electron chi connectivity index (χ1n) is 1.00. The van der Waals surface area contributed by atoms with Crippen LogP contribution in [0.5, 0.6) is 0 Å². The smallest absolute Gasteiger partial charge is 0 e. The zero-order valence-corrected chi connectivity index (χ0v) is 7.67. The van der Waals surface area contributed by atoms with E-state index in [1.807, 2.05) is 0 Å². The van der Waals surface area contributed by atoms with Gasteiger partial charge < -0.3 is 0 Å². The van der Waals surface area contributed by atoms with Gasteiger partial charge in [-0.3, -0.25) is 0 Å². The van der Waals surface area contributed by atoms with Gasteiger partial charge in [-0.2, -0.15) is 0 Å². The molecule has 0 radical (unpaired) electrons. The van der Waals surface area contributed by atoms with Gasteiger partial charge in [0.25, 0.3) is 0 Å². The topological polar surface area (TPSA) is 0 Å². The van der Waals surface area contributed by atoms with E-state index in [-0.39, 0.29) is 68.4 Å². The molecule has 0 rings (SSSR count). The van der Waals surface area contributed by atoms with E-state index < -0.39 is 0 Å². The Labute approximate surface area is 84.1 Å². The van der Waals surface area contributed by atoms with Crippen LogP contribution in [0.3, 0.4) is 0 Å². The average Bonchev–Trinajstić information content (AvgIpc) is 1.00. The van der Waals surface area contributed by atoms with Gasteiger partial charge in [0.05, 0.1) is 7.44 Å². The van der Waals surface area contributed by atoms with Crippen molar-refractivity contribution in [2.24, 2.45) is 0 Å². The molecule has 0 heterocycles. The summed E-state index contributed by atoms with van der Waals surface area (Å²) < 4.78 is 0. The summed E-state index contributed by atoms with van der Waals surface area (Å²) in [5.74, 6) is 0. The third-order valence-corrected chi connectivity index (χ3v) is 0. The molecule has 0 aliphatic rings. The minimum Gasteiger partial charge on any atom is 0 e. The minimum absolute atomic E-state index is 0. The van der Waals surface area contributed by atoms with E-state index >= 15 is 0 Å². The van der Waals surface area contributed by atoms with Gasteiger partial charge in [0, 0.05) is 19.5 Å². The van der Waals surface area contributed by atoms with E-state index in [4.69, 9.17) is 0 Å². The van der Waals surface area contributed by atoms with Gasteiger partial charge in [-0.05, 0) is 10.1 Å². The third kappa shape index (κ3) is 8.82. The van der Waals surface area contributed by atoms with Crippen molar-refractivity contribution in [1.29, 1.82) is 0 Å². The molecular formula is H7BBaSiZn. The van der Waals surface area contributed by atoms with Crippen molar-refractivity contribution in [3.63, 3.8) is 0 Å². The molecule has 0 unspecified atom stereocenters.